The maximum Gasteiger partial charge on any atom is 0.237 e. The van der Waals surface area contributed by atoms with Crippen molar-refractivity contribution in [3.63, 3.8) is 0 Å². The van der Waals surface area contributed by atoms with Crippen molar-refractivity contribution >= 4 is 16.8 Å². The van der Waals surface area contributed by atoms with Crippen LogP contribution in [0.1, 0.15) is 31.7 Å². The highest BCUT2D eigenvalue weighted by Gasteiger charge is 2.28. The summed E-state index contributed by atoms with van der Waals surface area (Å²) in [5.74, 6) is 0.348. The first-order chi connectivity index (χ1) is 12.1. The average molecular weight is 343 g/mol. The van der Waals surface area contributed by atoms with Gasteiger partial charge in [0.25, 0.3) is 0 Å². The molecule has 0 radical (unpaired) electrons. The second kappa shape index (κ2) is 8.02. The van der Waals surface area contributed by atoms with Gasteiger partial charge in [-0.05, 0) is 50.8 Å². The van der Waals surface area contributed by atoms with Crippen LogP contribution in [0.5, 0.6) is 0 Å². The van der Waals surface area contributed by atoms with E-state index in [1.54, 1.807) is 0 Å². The van der Waals surface area contributed by atoms with Crippen molar-refractivity contribution in [3.8, 4) is 0 Å². The molecule has 25 heavy (non-hydrogen) atoms. The summed E-state index contributed by atoms with van der Waals surface area (Å²) in [7, 11) is 1.97. The summed E-state index contributed by atoms with van der Waals surface area (Å²) in [6, 6.07) is 8.03. The fourth-order valence-electron chi connectivity index (χ4n) is 3.76. The Morgan fingerprint density at radius 2 is 2.20 bits per heavy atom. The number of nitrogens with one attached hydrogen (secondary N) is 2. The van der Waals surface area contributed by atoms with Gasteiger partial charge in [-0.2, -0.15) is 0 Å². The van der Waals surface area contributed by atoms with Crippen LogP contribution in [0.4, 0.5) is 0 Å². The van der Waals surface area contributed by atoms with Crippen LogP contribution in [0.3, 0.4) is 0 Å². The number of aliphatic hydroxyl groups is 1. The molecule has 3 atom stereocenters. The van der Waals surface area contributed by atoms with Gasteiger partial charge in [-0.25, -0.2) is 0 Å². The monoisotopic (exact) mass is 343 g/mol. The molecule has 0 aliphatic heterocycles. The molecule has 1 aromatic carbocycles. The number of para-hydroxylation sites is 1. The summed E-state index contributed by atoms with van der Waals surface area (Å²) in [5, 5.41) is 14.2. The van der Waals surface area contributed by atoms with Gasteiger partial charge in [-0.15, -0.1) is 0 Å². The van der Waals surface area contributed by atoms with Crippen LogP contribution in [0.2, 0.25) is 0 Å². The summed E-state index contributed by atoms with van der Waals surface area (Å²) < 4.78 is 0. The summed E-state index contributed by atoms with van der Waals surface area (Å²) in [5.41, 5.74) is 2.36. The van der Waals surface area contributed by atoms with Gasteiger partial charge in [0.05, 0.1) is 12.1 Å². The third-order valence-corrected chi connectivity index (χ3v) is 5.55. The van der Waals surface area contributed by atoms with Crippen molar-refractivity contribution < 1.29 is 9.90 Å². The SMILES string of the molecule is CC(C(=O)NCCc1c[nH]c2ccccc12)N(C)CC1CCCC1O. The van der Waals surface area contributed by atoms with Gasteiger partial charge in [0.1, 0.15) is 0 Å². The van der Waals surface area contributed by atoms with Crippen molar-refractivity contribution in [1.82, 2.24) is 15.2 Å². The van der Waals surface area contributed by atoms with E-state index in [2.05, 4.69) is 27.3 Å². The van der Waals surface area contributed by atoms with Crippen molar-refractivity contribution in [2.75, 3.05) is 20.1 Å². The maximum atomic E-state index is 12.4. The van der Waals surface area contributed by atoms with Crippen molar-refractivity contribution in [3.05, 3.63) is 36.0 Å². The van der Waals surface area contributed by atoms with Gasteiger partial charge in [-0.3, -0.25) is 9.69 Å². The molecule has 136 valence electrons. The van der Waals surface area contributed by atoms with E-state index in [-0.39, 0.29) is 18.1 Å². The lowest BCUT2D eigenvalue weighted by molar-refractivity contribution is -0.125. The summed E-state index contributed by atoms with van der Waals surface area (Å²) in [4.78, 5) is 17.7. The Balaban J connectivity index is 1.46. The molecule has 0 spiro atoms. The molecule has 1 amide bonds. The van der Waals surface area contributed by atoms with E-state index < -0.39 is 0 Å². The Kier molecular flexibility index (Phi) is 5.76. The number of benzene rings is 1. The number of nitrogens with zero attached hydrogens (tertiary/aromatic N) is 1. The number of carbonyl (C=O) groups excluding carboxylic acids is 1. The second-order valence-electron chi connectivity index (χ2n) is 7.27. The smallest absolute Gasteiger partial charge is 0.237 e. The molecule has 5 heteroatoms. The number of hydrogen-bond acceptors (Lipinski definition) is 3. The van der Waals surface area contributed by atoms with E-state index in [9.17, 15) is 9.90 Å². The molecule has 1 saturated carbocycles. The Hall–Kier alpha value is -1.85. The lowest BCUT2D eigenvalue weighted by Gasteiger charge is -2.27. The molecule has 1 aromatic heterocycles. The van der Waals surface area contributed by atoms with Crippen LogP contribution in [0, 0.1) is 5.92 Å². The van der Waals surface area contributed by atoms with Gasteiger partial charge in [0, 0.05) is 30.2 Å². The minimum absolute atomic E-state index is 0.0508. The quantitative estimate of drug-likeness (QED) is 0.723. The van der Waals surface area contributed by atoms with Crippen molar-refractivity contribution in [1.29, 1.82) is 0 Å². The van der Waals surface area contributed by atoms with Crippen molar-refractivity contribution in [2.45, 2.75) is 44.8 Å². The minimum Gasteiger partial charge on any atom is -0.393 e. The highest BCUT2D eigenvalue weighted by atomic mass is 16.3. The van der Waals surface area contributed by atoms with Crippen LogP contribution in [-0.4, -0.2) is 53.2 Å². The first-order valence-corrected chi connectivity index (χ1v) is 9.27. The summed E-state index contributed by atoms with van der Waals surface area (Å²) >= 11 is 0. The molecule has 1 aliphatic rings. The van der Waals surface area contributed by atoms with E-state index in [0.29, 0.717) is 12.5 Å². The zero-order valence-electron chi connectivity index (χ0n) is 15.2. The van der Waals surface area contributed by atoms with Gasteiger partial charge in [0.2, 0.25) is 5.91 Å². The van der Waals surface area contributed by atoms with E-state index in [4.69, 9.17) is 0 Å². The number of aromatic nitrogens is 1. The maximum absolute atomic E-state index is 12.4. The van der Waals surface area contributed by atoms with E-state index in [1.165, 1.54) is 10.9 Å². The molecular formula is C20H29N3O2. The molecule has 0 bridgehead atoms. The molecule has 3 rings (SSSR count). The molecule has 3 N–H and O–H groups in total. The number of aromatic amines is 1. The van der Waals surface area contributed by atoms with Gasteiger partial charge < -0.3 is 15.4 Å². The van der Waals surface area contributed by atoms with E-state index in [1.807, 2.05) is 32.3 Å². The van der Waals surface area contributed by atoms with E-state index >= 15 is 0 Å². The molecule has 3 unspecified atom stereocenters. The highest BCUT2D eigenvalue weighted by molar-refractivity contribution is 5.83. The van der Waals surface area contributed by atoms with Crippen LogP contribution >= 0.6 is 0 Å². The highest BCUT2D eigenvalue weighted by Crippen LogP contribution is 2.26. The van der Waals surface area contributed by atoms with Crippen LogP contribution in [0.25, 0.3) is 10.9 Å². The molecule has 1 heterocycles. The molecular weight excluding hydrogens is 314 g/mol. The van der Waals surface area contributed by atoms with Crippen molar-refractivity contribution in [2.24, 2.45) is 5.92 Å². The largest absolute Gasteiger partial charge is 0.393 e. The predicted octanol–water partition coefficient (Wildman–Crippen LogP) is 2.31. The number of H-pyrrole nitrogens is 1. The number of amides is 1. The predicted molar refractivity (Wildman–Crippen MR) is 100 cm³/mol. The Morgan fingerprint density at radius 3 is 2.96 bits per heavy atom. The zero-order chi connectivity index (χ0) is 17.8. The van der Waals surface area contributed by atoms with Gasteiger partial charge >= 0.3 is 0 Å². The third-order valence-electron chi connectivity index (χ3n) is 5.55. The minimum atomic E-state index is -0.209. The van der Waals surface area contributed by atoms with Crippen LogP contribution in [0.15, 0.2) is 30.5 Å². The molecule has 5 nitrogen and oxygen atoms in total. The number of carbonyl (C=O) groups is 1. The molecule has 0 saturated heterocycles. The Bertz CT molecular complexity index is 712. The second-order valence-corrected chi connectivity index (χ2v) is 7.27. The lowest BCUT2D eigenvalue weighted by Crippen LogP contribution is -2.46. The van der Waals surface area contributed by atoms with Gasteiger partial charge in [-0.1, -0.05) is 24.6 Å². The fourth-order valence-corrected chi connectivity index (χ4v) is 3.76. The Morgan fingerprint density at radius 1 is 1.40 bits per heavy atom. The first-order valence-electron chi connectivity index (χ1n) is 9.27. The van der Waals surface area contributed by atoms with Crippen LogP contribution < -0.4 is 5.32 Å². The Labute approximate surface area is 149 Å². The number of aliphatic hydroxyl groups excluding tert-OH is 1. The van der Waals surface area contributed by atoms with E-state index in [0.717, 1.165) is 37.7 Å². The molecule has 1 aliphatic carbocycles. The number of rotatable bonds is 7. The fraction of sp³-hybridized carbons (Fsp3) is 0.550. The lowest BCUT2D eigenvalue weighted by atomic mass is 10.0. The number of likely N-dealkylation sites (N-methyl/N-ethyl adjacent to an activating group) is 1. The normalized spacial score (nSPS) is 21.8. The van der Waals surface area contributed by atoms with Crippen LogP contribution in [-0.2, 0) is 11.2 Å². The average Bonchev–Trinajstić information content (AvgIpc) is 3.21. The number of hydrogen-bond donors (Lipinski definition) is 3. The zero-order valence-corrected chi connectivity index (χ0v) is 15.2. The third kappa shape index (κ3) is 4.22. The standard InChI is InChI=1S/C20H29N3O2/c1-14(23(2)13-16-6-5-9-19(16)24)20(25)21-11-10-15-12-22-18-8-4-3-7-17(15)18/h3-4,7-8,12,14,16,19,22,24H,5-6,9-11,13H2,1-2H3,(H,21,25). The number of fused-ring (bicyclic) bond motifs is 1. The molecule has 1 fully saturated rings. The topological polar surface area (TPSA) is 68.4 Å². The summed E-state index contributed by atoms with van der Waals surface area (Å²) in [6.07, 6.45) is 5.66. The molecule has 2 aromatic rings. The van der Waals surface area contributed by atoms with Gasteiger partial charge in [0.15, 0.2) is 0 Å². The first kappa shape index (κ1) is 18.0. The summed E-state index contributed by atoms with van der Waals surface area (Å²) in [6.45, 7) is 3.34.